The van der Waals surface area contributed by atoms with Gasteiger partial charge in [0.15, 0.2) is 5.78 Å². The number of carbonyl (C=O) groups excluding carboxylic acids is 1. The Hall–Kier alpha value is -2.21. The second-order valence-corrected chi connectivity index (χ2v) is 10.5. The van der Waals surface area contributed by atoms with Gasteiger partial charge in [-0.15, -0.1) is 23.2 Å². The van der Waals surface area contributed by atoms with Gasteiger partial charge in [-0.2, -0.15) is 26.3 Å². The van der Waals surface area contributed by atoms with Crippen LogP contribution in [0.2, 0.25) is 0 Å². The predicted octanol–water partition coefficient (Wildman–Crippen LogP) is 5.45. The average molecular weight is 611 g/mol. The van der Waals surface area contributed by atoms with Crippen LogP contribution in [0.3, 0.4) is 0 Å². The van der Waals surface area contributed by atoms with E-state index in [1.165, 1.54) is 24.3 Å². The Morgan fingerprint density at radius 3 is 1.15 bits per heavy atom. The van der Waals surface area contributed by atoms with Crippen molar-refractivity contribution in [3.05, 3.63) is 59.7 Å². The first-order chi connectivity index (χ1) is 18.9. The lowest BCUT2D eigenvalue weighted by Gasteiger charge is -2.43. The first-order valence-corrected chi connectivity index (χ1v) is 14.0. The van der Waals surface area contributed by atoms with Crippen molar-refractivity contribution in [3.63, 3.8) is 0 Å². The second kappa shape index (κ2) is 12.8. The van der Waals surface area contributed by atoms with Crippen LogP contribution in [-0.2, 0) is 17.1 Å². The standard InChI is InChI=1S/C27H30Cl2F6N4O/c28-17-23(38-13-9-36(10-14-38)21-5-1-19(2-6-21)26(30,31)32)25(40)24(18-29)39-15-11-37(12-16-39)22-7-3-20(4-8-22)27(33,34)35/h1-8,23-24H,9-18H2. The molecule has 2 atom stereocenters. The highest BCUT2D eigenvalue weighted by Crippen LogP contribution is 2.32. The number of alkyl halides is 8. The SMILES string of the molecule is O=C(C(CCl)N1CCN(c2ccc(C(F)(F)F)cc2)CC1)C(CCl)N1CCN(c2ccc(C(F)(F)F)cc2)CC1. The Morgan fingerprint density at radius 2 is 0.900 bits per heavy atom. The van der Waals surface area contributed by atoms with Gasteiger partial charge in [0.05, 0.1) is 23.2 Å². The minimum atomic E-state index is -4.39. The predicted molar refractivity (Wildman–Crippen MR) is 144 cm³/mol. The largest absolute Gasteiger partial charge is 0.416 e. The molecule has 2 heterocycles. The van der Waals surface area contributed by atoms with Crippen molar-refractivity contribution in [2.75, 3.05) is 73.9 Å². The summed E-state index contributed by atoms with van der Waals surface area (Å²) in [4.78, 5) is 21.5. The van der Waals surface area contributed by atoms with E-state index >= 15 is 0 Å². The van der Waals surface area contributed by atoms with Crippen LogP contribution in [0.25, 0.3) is 0 Å². The number of rotatable bonds is 8. The van der Waals surface area contributed by atoms with E-state index in [2.05, 4.69) is 0 Å². The lowest BCUT2D eigenvalue weighted by atomic mass is 10.0. The normalized spacial score (nSPS) is 19.5. The summed E-state index contributed by atoms with van der Waals surface area (Å²) in [5, 5.41) is 0. The number of hydrogen-bond acceptors (Lipinski definition) is 5. The van der Waals surface area contributed by atoms with E-state index < -0.39 is 35.6 Å². The molecule has 220 valence electrons. The van der Waals surface area contributed by atoms with Crippen molar-refractivity contribution >= 4 is 40.4 Å². The van der Waals surface area contributed by atoms with Gasteiger partial charge in [-0.25, -0.2) is 0 Å². The van der Waals surface area contributed by atoms with E-state index in [-0.39, 0.29) is 17.5 Å². The zero-order valence-electron chi connectivity index (χ0n) is 21.6. The lowest BCUT2D eigenvalue weighted by Crippen LogP contribution is -2.60. The fraction of sp³-hybridized carbons (Fsp3) is 0.519. The molecule has 0 bridgehead atoms. The maximum atomic E-state index is 13.6. The highest BCUT2D eigenvalue weighted by molar-refractivity contribution is 6.22. The second-order valence-electron chi connectivity index (χ2n) is 9.88. The molecule has 2 fully saturated rings. The molecule has 0 aromatic heterocycles. The van der Waals surface area contributed by atoms with E-state index in [4.69, 9.17) is 23.2 Å². The molecule has 2 aromatic carbocycles. The number of hydrogen-bond donors (Lipinski definition) is 0. The van der Waals surface area contributed by atoms with Crippen molar-refractivity contribution in [3.8, 4) is 0 Å². The molecule has 0 spiro atoms. The molecule has 2 aliphatic rings. The van der Waals surface area contributed by atoms with Gasteiger partial charge < -0.3 is 9.80 Å². The van der Waals surface area contributed by atoms with Gasteiger partial charge in [0.2, 0.25) is 0 Å². The topological polar surface area (TPSA) is 30.0 Å². The number of benzene rings is 2. The molecule has 0 aliphatic carbocycles. The number of piperazine rings is 2. The summed E-state index contributed by atoms with van der Waals surface area (Å²) >= 11 is 12.5. The highest BCUT2D eigenvalue weighted by Gasteiger charge is 2.37. The summed E-state index contributed by atoms with van der Waals surface area (Å²) in [6, 6.07) is 8.95. The van der Waals surface area contributed by atoms with Crippen LogP contribution < -0.4 is 9.80 Å². The fourth-order valence-corrected chi connectivity index (χ4v) is 5.93. The zero-order chi connectivity index (χ0) is 29.1. The van der Waals surface area contributed by atoms with Gasteiger partial charge in [0, 0.05) is 75.5 Å². The maximum Gasteiger partial charge on any atom is 0.416 e. The number of anilines is 2. The first-order valence-electron chi connectivity index (χ1n) is 12.9. The number of halogens is 8. The number of nitrogens with zero attached hydrogens (tertiary/aromatic N) is 4. The molecule has 4 rings (SSSR count). The third-order valence-corrected chi connectivity index (χ3v) is 8.16. The van der Waals surface area contributed by atoms with Crippen LogP contribution in [-0.4, -0.2) is 91.8 Å². The molecule has 2 aromatic rings. The molecule has 2 unspecified atom stereocenters. The van der Waals surface area contributed by atoms with Crippen LogP contribution in [0.5, 0.6) is 0 Å². The van der Waals surface area contributed by atoms with Gasteiger partial charge in [0.25, 0.3) is 0 Å². The van der Waals surface area contributed by atoms with Crippen molar-refractivity contribution in [2.45, 2.75) is 24.4 Å². The molecular formula is C27H30Cl2F6N4O. The fourth-order valence-electron chi connectivity index (χ4n) is 5.24. The van der Waals surface area contributed by atoms with E-state index in [1.807, 2.05) is 19.6 Å². The molecule has 40 heavy (non-hydrogen) atoms. The Morgan fingerprint density at radius 1 is 0.600 bits per heavy atom. The molecule has 0 radical (unpaired) electrons. The van der Waals surface area contributed by atoms with E-state index in [9.17, 15) is 31.1 Å². The summed E-state index contributed by atoms with van der Waals surface area (Å²) in [5.74, 6) is 0.0757. The summed E-state index contributed by atoms with van der Waals surface area (Å²) in [7, 11) is 0. The third-order valence-electron chi connectivity index (χ3n) is 7.58. The molecule has 0 N–H and O–H groups in total. The molecule has 0 amide bonds. The van der Waals surface area contributed by atoms with Crippen molar-refractivity contribution < 1.29 is 31.1 Å². The monoisotopic (exact) mass is 610 g/mol. The maximum absolute atomic E-state index is 13.6. The van der Waals surface area contributed by atoms with Crippen LogP contribution in [0, 0.1) is 0 Å². The third kappa shape index (κ3) is 7.16. The van der Waals surface area contributed by atoms with Crippen molar-refractivity contribution in [1.82, 2.24) is 9.80 Å². The Balaban J connectivity index is 1.32. The highest BCUT2D eigenvalue weighted by atomic mass is 35.5. The van der Waals surface area contributed by atoms with Crippen molar-refractivity contribution in [1.29, 1.82) is 0 Å². The Kier molecular flexibility index (Phi) is 9.80. The quantitative estimate of drug-likeness (QED) is 0.293. The van der Waals surface area contributed by atoms with Gasteiger partial charge in [0.1, 0.15) is 0 Å². The van der Waals surface area contributed by atoms with Gasteiger partial charge in [-0.1, -0.05) is 0 Å². The summed E-state index contributed by atoms with van der Waals surface area (Å²) < 4.78 is 77.3. The number of ketones is 1. The zero-order valence-corrected chi connectivity index (χ0v) is 23.1. The summed E-state index contributed by atoms with van der Waals surface area (Å²) in [6.07, 6.45) is -8.78. The van der Waals surface area contributed by atoms with Gasteiger partial charge in [-0.3, -0.25) is 14.6 Å². The van der Waals surface area contributed by atoms with Crippen molar-refractivity contribution in [2.24, 2.45) is 0 Å². The van der Waals surface area contributed by atoms with Crippen LogP contribution >= 0.6 is 23.2 Å². The number of Topliss-reactive ketones (excluding diaryl/α,β-unsaturated/α-hetero) is 1. The molecular weight excluding hydrogens is 581 g/mol. The average Bonchev–Trinajstić information content (AvgIpc) is 2.94. The minimum Gasteiger partial charge on any atom is -0.369 e. The molecule has 5 nitrogen and oxygen atoms in total. The first kappa shape index (κ1) is 30.7. The molecule has 2 aliphatic heterocycles. The lowest BCUT2D eigenvalue weighted by molar-refractivity contribution is -0.138. The Bertz CT molecular complexity index is 1030. The van der Waals surface area contributed by atoms with Crippen LogP contribution in [0.1, 0.15) is 11.1 Å². The molecule has 0 saturated carbocycles. The van der Waals surface area contributed by atoms with Gasteiger partial charge in [-0.05, 0) is 48.5 Å². The van der Waals surface area contributed by atoms with E-state index in [0.29, 0.717) is 63.7 Å². The molecule has 13 heteroatoms. The van der Waals surface area contributed by atoms with E-state index in [0.717, 1.165) is 24.3 Å². The number of carbonyl (C=O) groups is 1. The van der Waals surface area contributed by atoms with Crippen LogP contribution in [0.4, 0.5) is 37.7 Å². The minimum absolute atomic E-state index is 0.0814. The van der Waals surface area contributed by atoms with E-state index in [1.54, 1.807) is 0 Å². The van der Waals surface area contributed by atoms with Gasteiger partial charge >= 0.3 is 12.4 Å². The smallest absolute Gasteiger partial charge is 0.369 e. The summed E-state index contributed by atoms with van der Waals surface area (Å²) in [5.41, 5.74) is -0.0260. The summed E-state index contributed by atoms with van der Waals surface area (Å²) in [6.45, 7) is 4.18. The molecule has 2 saturated heterocycles. The van der Waals surface area contributed by atoms with Crippen LogP contribution in [0.15, 0.2) is 48.5 Å². The Labute approximate surface area is 239 Å².